The fraction of sp³-hybridized carbons (Fsp3) is 0.174. The summed E-state index contributed by atoms with van der Waals surface area (Å²) in [6.45, 7) is 0.776. The van der Waals surface area contributed by atoms with Crippen molar-refractivity contribution in [3.63, 3.8) is 0 Å². The van der Waals surface area contributed by atoms with Crippen molar-refractivity contribution in [2.24, 2.45) is 0 Å². The van der Waals surface area contributed by atoms with E-state index < -0.39 is 12.5 Å². The number of halogens is 2. The minimum atomic E-state index is -2.99. The van der Waals surface area contributed by atoms with Crippen LogP contribution in [0.3, 0.4) is 0 Å². The first kappa shape index (κ1) is 20.5. The van der Waals surface area contributed by atoms with E-state index in [1.807, 2.05) is 44.2 Å². The molecule has 0 spiro atoms. The lowest BCUT2D eigenvalue weighted by atomic mass is 10.0. The van der Waals surface area contributed by atoms with E-state index >= 15 is 0 Å². The Morgan fingerprint density at radius 2 is 1.84 bits per heavy atom. The number of carbonyl (C=O) groups excluding carboxylic acids is 1. The maximum Gasteiger partial charge on any atom is 0.387 e. The van der Waals surface area contributed by atoms with Gasteiger partial charge in [-0.1, -0.05) is 42.0 Å². The number of fused-ring (bicyclic) bond motifs is 1. The molecule has 31 heavy (non-hydrogen) atoms. The normalized spacial score (nSPS) is 11.1. The van der Waals surface area contributed by atoms with E-state index in [2.05, 4.69) is 20.1 Å². The summed E-state index contributed by atoms with van der Waals surface area (Å²) in [5.74, 6) is -0.538. The molecule has 4 rings (SSSR count). The average molecular weight is 422 g/mol. The fourth-order valence-corrected chi connectivity index (χ4v) is 3.46. The van der Waals surface area contributed by atoms with Crippen molar-refractivity contribution >= 4 is 22.6 Å². The number of hydrogen-bond donors (Lipinski definition) is 1. The van der Waals surface area contributed by atoms with Gasteiger partial charge in [0.1, 0.15) is 12.3 Å². The molecule has 6 nitrogen and oxygen atoms in total. The lowest BCUT2D eigenvalue weighted by molar-refractivity contribution is -0.116. The van der Waals surface area contributed by atoms with Crippen molar-refractivity contribution in [3.8, 4) is 16.9 Å². The van der Waals surface area contributed by atoms with Crippen LogP contribution in [0.4, 0.5) is 14.5 Å². The van der Waals surface area contributed by atoms with Gasteiger partial charge in [-0.15, -0.1) is 0 Å². The summed E-state index contributed by atoms with van der Waals surface area (Å²) in [6.07, 6.45) is 1.68. The molecule has 0 aliphatic heterocycles. The first-order valence-electron chi connectivity index (χ1n) is 9.65. The minimum absolute atomic E-state index is 0.105. The highest BCUT2D eigenvalue weighted by Gasteiger charge is 2.17. The summed E-state index contributed by atoms with van der Waals surface area (Å²) >= 11 is 0. The van der Waals surface area contributed by atoms with Crippen LogP contribution in [0, 0.1) is 13.8 Å². The molecule has 2 aromatic heterocycles. The first-order chi connectivity index (χ1) is 14.9. The van der Waals surface area contributed by atoms with Crippen LogP contribution < -0.4 is 10.1 Å². The van der Waals surface area contributed by atoms with Crippen LogP contribution in [-0.4, -0.2) is 27.3 Å². The standard InChI is InChI=1S/C23H20F2N4O2/c1-14-7-9-16(10-8-14)17-11-12-26-22-21(17)15(2)28-29(22)13-20(30)27-18-5-3-4-6-19(18)31-23(24)25/h3-12,23H,13H2,1-2H3,(H,27,30). The van der Waals surface area contributed by atoms with Gasteiger partial charge in [0.2, 0.25) is 5.91 Å². The van der Waals surface area contributed by atoms with Crippen molar-refractivity contribution in [2.75, 3.05) is 5.32 Å². The molecule has 0 aliphatic carbocycles. The number of pyridine rings is 1. The van der Waals surface area contributed by atoms with Crippen molar-refractivity contribution in [3.05, 3.63) is 72.1 Å². The van der Waals surface area contributed by atoms with Crippen molar-refractivity contribution < 1.29 is 18.3 Å². The topological polar surface area (TPSA) is 69.0 Å². The summed E-state index contributed by atoms with van der Waals surface area (Å²) in [6, 6.07) is 16.1. The molecule has 158 valence electrons. The van der Waals surface area contributed by atoms with E-state index in [0.29, 0.717) is 5.65 Å². The lowest BCUT2D eigenvalue weighted by Gasteiger charge is -2.12. The molecule has 0 radical (unpaired) electrons. The van der Waals surface area contributed by atoms with Gasteiger partial charge in [-0.05, 0) is 43.2 Å². The van der Waals surface area contributed by atoms with Crippen LogP contribution in [-0.2, 0) is 11.3 Å². The third-order valence-corrected chi connectivity index (χ3v) is 4.84. The van der Waals surface area contributed by atoms with Crippen LogP contribution in [0.1, 0.15) is 11.3 Å². The van der Waals surface area contributed by atoms with Gasteiger partial charge in [-0.2, -0.15) is 13.9 Å². The Morgan fingerprint density at radius 3 is 2.58 bits per heavy atom. The molecule has 0 atom stereocenters. The predicted octanol–water partition coefficient (Wildman–Crippen LogP) is 4.96. The summed E-state index contributed by atoms with van der Waals surface area (Å²) in [7, 11) is 0. The Balaban J connectivity index is 1.62. The summed E-state index contributed by atoms with van der Waals surface area (Å²) < 4.78 is 31.2. The number of amides is 1. The molecule has 0 aliphatic rings. The Morgan fingerprint density at radius 1 is 1.10 bits per heavy atom. The third kappa shape index (κ3) is 4.37. The molecule has 1 amide bonds. The predicted molar refractivity (Wildman–Crippen MR) is 114 cm³/mol. The Bertz CT molecular complexity index is 1240. The molecule has 4 aromatic rings. The monoisotopic (exact) mass is 422 g/mol. The molecular weight excluding hydrogens is 402 g/mol. The summed E-state index contributed by atoms with van der Waals surface area (Å²) in [5.41, 5.74) is 4.65. The number of rotatable bonds is 6. The number of benzene rings is 2. The zero-order chi connectivity index (χ0) is 22.0. The first-order valence-corrected chi connectivity index (χ1v) is 9.65. The van der Waals surface area contributed by atoms with E-state index in [-0.39, 0.29) is 18.0 Å². The zero-order valence-corrected chi connectivity index (χ0v) is 17.0. The van der Waals surface area contributed by atoms with E-state index in [1.54, 1.807) is 18.3 Å². The van der Waals surface area contributed by atoms with Gasteiger partial charge in [0.25, 0.3) is 0 Å². The van der Waals surface area contributed by atoms with Gasteiger partial charge >= 0.3 is 6.61 Å². The van der Waals surface area contributed by atoms with Gasteiger partial charge in [0.05, 0.1) is 11.4 Å². The molecule has 0 unspecified atom stereocenters. The number of nitrogens with one attached hydrogen (secondary N) is 1. The molecule has 0 saturated carbocycles. The molecule has 2 aromatic carbocycles. The fourth-order valence-electron chi connectivity index (χ4n) is 3.46. The number of anilines is 1. The van der Waals surface area contributed by atoms with Gasteiger partial charge in [0, 0.05) is 11.6 Å². The average Bonchev–Trinajstić information content (AvgIpc) is 3.05. The highest BCUT2D eigenvalue weighted by Crippen LogP contribution is 2.30. The van der Waals surface area contributed by atoms with Crippen molar-refractivity contribution in [1.29, 1.82) is 0 Å². The third-order valence-electron chi connectivity index (χ3n) is 4.84. The molecule has 0 saturated heterocycles. The smallest absolute Gasteiger partial charge is 0.387 e. The number of hydrogen-bond acceptors (Lipinski definition) is 4. The van der Waals surface area contributed by atoms with Crippen molar-refractivity contribution in [2.45, 2.75) is 27.0 Å². The van der Waals surface area contributed by atoms with Crippen LogP contribution in [0.5, 0.6) is 5.75 Å². The Hall–Kier alpha value is -3.81. The number of aryl methyl sites for hydroxylation is 2. The number of para-hydroxylation sites is 2. The minimum Gasteiger partial charge on any atom is -0.433 e. The largest absolute Gasteiger partial charge is 0.433 e. The van der Waals surface area contributed by atoms with Gasteiger partial charge in [-0.25, -0.2) is 9.67 Å². The van der Waals surface area contributed by atoms with Crippen molar-refractivity contribution in [1.82, 2.24) is 14.8 Å². The van der Waals surface area contributed by atoms with E-state index in [1.165, 1.54) is 16.8 Å². The highest BCUT2D eigenvalue weighted by atomic mass is 19.3. The lowest BCUT2D eigenvalue weighted by Crippen LogP contribution is -2.20. The number of aromatic nitrogens is 3. The number of carbonyl (C=O) groups is 1. The van der Waals surface area contributed by atoms with Gasteiger partial charge in [-0.3, -0.25) is 4.79 Å². The highest BCUT2D eigenvalue weighted by molar-refractivity contribution is 5.96. The molecular formula is C23H20F2N4O2. The maximum atomic E-state index is 12.6. The molecule has 1 N–H and O–H groups in total. The SMILES string of the molecule is Cc1ccc(-c2ccnc3c2c(C)nn3CC(=O)Nc2ccccc2OC(F)F)cc1. The molecule has 0 bridgehead atoms. The molecule has 8 heteroatoms. The molecule has 0 fully saturated rings. The van der Waals surface area contributed by atoms with Gasteiger partial charge < -0.3 is 10.1 Å². The second-order valence-corrected chi connectivity index (χ2v) is 7.09. The maximum absolute atomic E-state index is 12.6. The van der Waals surface area contributed by atoms with E-state index in [4.69, 9.17) is 0 Å². The Kier molecular flexibility index (Phi) is 5.62. The van der Waals surface area contributed by atoms with E-state index in [9.17, 15) is 13.6 Å². The number of nitrogens with zero attached hydrogens (tertiary/aromatic N) is 3. The second kappa shape index (κ2) is 8.51. The van der Waals surface area contributed by atoms with Gasteiger partial charge in [0.15, 0.2) is 5.65 Å². The van der Waals surface area contributed by atoms with Crippen LogP contribution in [0.2, 0.25) is 0 Å². The Labute approximate surface area is 177 Å². The summed E-state index contributed by atoms with van der Waals surface area (Å²) in [5, 5.41) is 7.95. The zero-order valence-electron chi connectivity index (χ0n) is 17.0. The molecule has 2 heterocycles. The van der Waals surface area contributed by atoms with Crippen LogP contribution >= 0.6 is 0 Å². The summed E-state index contributed by atoms with van der Waals surface area (Å²) in [4.78, 5) is 17.0. The number of alkyl halides is 2. The second-order valence-electron chi connectivity index (χ2n) is 7.09. The van der Waals surface area contributed by atoms with Crippen LogP contribution in [0.15, 0.2) is 60.8 Å². The quantitative estimate of drug-likeness (QED) is 0.477. The van der Waals surface area contributed by atoms with E-state index in [0.717, 1.165) is 27.8 Å². The number of ether oxygens (including phenoxy) is 1. The van der Waals surface area contributed by atoms with Crippen LogP contribution in [0.25, 0.3) is 22.2 Å².